The Bertz CT molecular complexity index is 1610. The third-order valence-electron chi connectivity index (χ3n) is 6.59. The molecule has 0 saturated carbocycles. The van der Waals surface area contributed by atoms with Gasteiger partial charge in [0.05, 0.1) is 33.6 Å². The molecular formula is C28H22ClN3O5. The maximum Gasteiger partial charge on any atom is 0.307 e. The smallest absolute Gasteiger partial charge is 0.307 e. The molecule has 3 aromatic carbocycles. The number of carboxylic acid groups (broad SMARTS) is 1. The summed E-state index contributed by atoms with van der Waals surface area (Å²) in [5.41, 5.74) is 2.02. The van der Waals surface area contributed by atoms with E-state index in [1.165, 1.54) is 4.57 Å². The predicted octanol–water partition coefficient (Wildman–Crippen LogP) is 4.28. The number of para-hydroxylation sites is 1. The molecule has 1 aromatic heterocycles. The molecule has 186 valence electrons. The number of benzene rings is 3. The summed E-state index contributed by atoms with van der Waals surface area (Å²) in [7, 11) is 0. The Morgan fingerprint density at radius 1 is 0.973 bits per heavy atom. The number of rotatable bonds is 7. The maximum absolute atomic E-state index is 13.6. The van der Waals surface area contributed by atoms with Crippen LogP contribution in [-0.4, -0.2) is 43.9 Å². The summed E-state index contributed by atoms with van der Waals surface area (Å²) in [5.74, 6) is -2.76. The lowest BCUT2D eigenvalue weighted by atomic mass is 10.00. The van der Waals surface area contributed by atoms with Crippen molar-refractivity contribution in [3.63, 3.8) is 0 Å². The summed E-state index contributed by atoms with van der Waals surface area (Å²) in [5, 5.41) is 10.9. The number of carboxylic acids is 1. The van der Waals surface area contributed by atoms with Crippen molar-refractivity contribution >= 4 is 40.3 Å². The minimum Gasteiger partial charge on any atom is -0.481 e. The van der Waals surface area contributed by atoms with Gasteiger partial charge in [0.2, 0.25) is 0 Å². The standard InChI is InChI=1S/C28H22ClN3O5/c1-16-6-4-11-22-24(16)30-23(32(27(22)35)19-8-5-7-18(29)15-19)14-17(28(36)37)12-13-31-25(33)20-9-2-3-10-21(20)26(31)34/h2-11,15,17H,12-14H2,1H3,(H,36,37). The molecule has 1 aliphatic heterocycles. The molecule has 0 bridgehead atoms. The molecule has 0 saturated heterocycles. The molecule has 0 fully saturated rings. The van der Waals surface area contributed by atoms with Crippen molar-refractivity contribution in [2.45, 2.75) is 19.8 Å². The van der Waals surface area contributed by atoms with Crippen LogP contribution in [0.15, 0.2) is 71.5 Å². The van der Waals surface area contributed by atoms with Crippen molar-refractivity contribution in [2.24, 2.45) is 5.92 Å². The summed E-state index contributed by atoms with van der Waals surface area (Å²) in [6.07, 6.45) is -0.0947. The molecule has 37 heavy (non-hydrogen) atoms. The van der Waals surface area contributed by atoms with Crippen LogP contribution in [0.4, 0.5) is 0 Å². The van der Waals surface area contributed by atoms with Gasteiger partial charge in [0.15, 0.2) is 0 Å². The van der Waals surface area contributed by atoms with E-state index < -0.39 is 23.7 Å². The number of aliphatic carboxylic acids is 1. The highest BCUT2D eigenvalue weighted by Crippen LogP contribution is 2.25. The highest BCUT2D eigenvalue weighted by atomic mass is 35.5. The zero-order chi connectivity index (χ0) is 26.3. The van der Waals surface area contributed by atoms with E-state index in [9.17, 15) is 24.3 Å². The largest absolute Gasteiger partial charge is 0.481 e. The minimum atomic E-state index is -1.12. The first-order chi connectivity index (χ1) is 17.8. The van der Waals surface area contributed by atoms with E-state index in [2.05, 4.69) is 0 Å². The average Bonchev–Trinajstić information content (AvgIpc) is 3.12. The fraction of sp³-hybridized carbons (Fsp3) is 0.179. The van der Waals surface area contributed by atoms with Gasteiger partial charge in [-0.25, -0.2) is 4.98 Å². The number of amides is 2. The Balaban J connectivity index is 1.51. The van der Waals surface area contributed by atoms with E-state index in [0.717, 1.165) is 10.5 Å². The Hall–Kier alpha value is -4.30. The first-order valence-electron chi connectivity index (χ1n) is 11.7. The second-order valence-corrected chi connectivity index (χ2v) is 9.39. The van der Waals surface area contributed by atoms with Gasteiger partial charge in [-0.3, -0.25) is 28.6 Å². The van der Waals surface area contributed by atoms with E-state index in [1.807, 2.05) is 13.0 Å². The molecule has 9 heteroatoms. The van der Waals surface area contributed by atoms with Crippen LogP contribution in [0, 0.1) is 12.8 Å². The minimum absolute atomic E-state index is 0.00196. The lowest BCUT2D eigenvalue weighted by molar-refractivity contribution is -0.142. The van der Waals surface area contributed by atoms with Gasteiger partial charge in [-0.1, -0.05) is 41.9 Å². The Morgan fingerprint density at radius 2 is 1.65 bits per heavy atom. The first kappa shape index (κ1) is 24.4. The molecule has 5 rings (SSSR count). The molecule has 2 amide bonds. The van der Waals surface area contributed by atoms with E-state index in [1.54, 1.807) is 60.7 Å². The SMILES string of the molecule is Cc1cccc2c(=O)n(-c3cccc(Cl)c3)c(CC(CCN3C(=O)c4ccccc4C3=O)C(=O)O)nc12. The lowest BCUT2D eigenvalue weighted by Gasteiger charge is -2.20. The first-order valence-corrected chi connectivity index (χ1v) is 12.1. The molecule has 1 unspecified atom stereocenters. The summed E-state index contributed by atoms with van der Waals surface area (Å²) in [6.45, 7) is 1.76. The number of nitrogens with zero attached hydrogens (tertiary/aromatic N) is 3. The van der Waals surface area contributed by atoms with Crippen LogP contribution in [-0.2, 0) is 11.2 Å². The molecule has 2 heterocycles. The third kappa shape index (κ3) is 4.40. The third-order valence-corrected chi connectivity index (χ3v) is 6.83. The van der Waals surface area contributed by atoms with E-state index in [0.29, 0.717) is 32.7 Å². The van der Waals surface area contributed by atoms with Gasteiger partial charge in [0.1, 0.15) is 5.82 Å². The molecule has 1 atom stereocenters. The average molecular weight is 516 g/mol. The highest BCUT2D eigenvalue weighted by Gasteiger charge is 2.36. The fourth-order valence-electron chi connectivity index (χ4n) is 4.68. The van der Waals surface area contributed by atoms with Gasteiger partial charge >= 0.3 is 5.97 Å². The van der Waals surface area contributed by atoms with Crippen LogP contribution >= 0.6 is 11.6 Å². The van der Waals surface area contributed by atoms with Crippen molar-refractivity contribution in [1.29, 1.82) is 0 Å². The van der Waals surface area contributed by atoms with E-state index in [4.69, 9.17) is 16.6 Å². The monoisotopic (exact) mass is 515 g/mol. The van der Waals surface area contributed by atoms with Gasteiger partial charge in [-0.2, -0.15) is 0 Å². The lowest BCUT2D eigenvalue weighted by Crippen LogP contribution is -2.34. The summed E-state index contributed by atoms with van der Waals surface area (Å²) in [6, 6.07) is 18.5. The quantitative estimate of drug-likeness (QED) is 0.368. The number of halogens is 1. The van der Waals surface area contributed by atoms with Crippen molar-refractivity contribution in [3.05, 3.63) is 105 Å². The number of carbonyl (C=O) groups is 3. The Morgan fingerprint density at radius 3 is 2.30 bits per heavy atom. The van der Waals surface area contributed by atoms with Crippen LogP contribution in [0.25, 0.3) is 16.6 Å². The van der Waals surface area contributed by atoms with Crippen LogP contribution in [0.5, 0.6) is 0 Å². The van der Waals surface area contributed by atoms with Gasteiger partial charge in [0.25, 0.3) is 17.4 Å². The molecule has 4 aromatic rings. The van der Waals surface area contributed by atoms with Crippen LogP contribution < -0.4 is 5.56 Å². The number of fused-ring (bicyclic) bond motifs is 2. The van der Waals surface area contributed by atoms with E-state index in [-0.39, 0.29) is 30.8 Å². The molecule has 0 aliphatic carbocycles. The van der Waals surface area contributed by atoms with Gasteiger partial charge in [0, 0.05) is 18.0 Å². The zero-order valence-electron chi connectivity index (χ0n) is 19.8. The number of aromatic nitrogens is 2. The van der Waals surface area contributed by atoms with Crippen LogP contribution in [0.1, 0.15) is 38.5 Å². The molecular weight excluding hydrogens is 494 g/mol. The fourth-order valence-corrected chi connectivity index (χ4v) is 4.86. The van der Waals surface area contributed by atoms with Gasteiger partial charge in [-0.15, -0.1) is 0 Å². The van der Waals surface area contributed by atoms with Crippen molar-refractivity contribution in [2.75, 3.05) is 6.54 Å². The Labute approximate surface area is 216 Å². The van der Waals surface area contributed by atoms with Crippen molar-refractivity contribution < 1.29 is 19.5 Å². The topological polar surface area (TPSA) is 110 Å². The summed E-state index contributed by atoms with van der Waals surface area (Å²) >= 11 is 6.19. The Kier molecular flexibility index (Phi) is 6.35. The van der Waals surface area contributed by atoms with Crippen LogP contribution in [0.3, 0.4) is 0 Å². The normalized spacial score (nSPS) is 13.7. The number of aryl methyl sites for hydroxylation is 1. The number of hydrogen-bond acceptors (Lipinski definition) is 5. The second kappa shape index (κ2) is 9.63. The van der Waals surface area contributed by atoms with Gasteiger partial charge < -0.3 is 5.11 Å². The molecule has 8 nitrogen and oxygen atoms in total. The molecule has 1 N–H and O–H groups in total. The molecule has 0 spiro atoms. The van der Waals surface area contributed by atoms with Crippen LogP contribution in [0.2, 0.25) is 5.02 Å². The zero-order valence-corrected chi connectivity index (χ0v) is 20.6. The number of imide groups is 1. The number of carbonyl (C=O) groups excluding carboxylic acids is 2. The van der Waals surface area contributed by atoms with Gasteiger partial charge in [-0.05, 0) is 55.3 Å². The molecule has 1 aliphatic rings. The number of hydrogen-bond donors (Lipinski definition) is 1. The predicted molar refractivity (Wildman–Crippen MR) is 138 cm³/mol. The van der Waals surface area contributed by atoms with Crippen molar-refractivity contribution in [1.82, 2.24) is 14.5 Å². The van der Waals surface area contributed by atoms with E-state index >= 15 is 0 Å². The highest BCUT2D eigenvalue weighted by molar-refractivity contribution is 6.30. The summed E-state index contributed by atoms with van der Waals surface area (Å²) < 4.78 is 1.38. The van der Waals surface area contributed by atoms with Crippen molar-refractivity contribution in [3.8, 4) is 5.69 Å². The molecule has 0 radical (unpaired) electrons. The second-order valence-electron chi connectivity index (χ2n) is 8.96. The maximum atomic E-state index is 13.6. The summed E-state index contributed by atoms with van der Waals surface area (Å²) in [4.78, 5) is 57.1.